The largest absolute Gasteiger partial charge is 0.478 e. The van der Waals surface area contributed by atoms with Crippen molar-refractivity contribution in [2.75, 3.05) is 0 Å². The van der Waals surface area contributed by atoms with Crippen LogP contribution >= 0.6 is 0 Å². The number of hydrogen-bond acceptors (Lipinski definition) is 4. The van der Waals surface area contributed by atoms with Crippen molar-refractivity contribution in [1.82, 2.24) is 15.1 Å². The van der Waals surface area contributed by atoms with Crippen molar-refractivity contribution in [2.45, 2.75) is 33.2 Å². The summed E-state index contributed by atoms with van der Waals surface area (Å²) in [6, 6.07) is 6.77. The number of amides is 1. The maximum Gasteiger partial charge on any atom is 0.339 e. The van der Waals surface area contributed by atoms with Crippen molar-refractivity contribution in [3.63, 3.8) is 0 Å². The van der Waals surface area contributed by atoms with Gasteiger partial charge >= 0.3 is 5.97 Å². The molecule has 0 aliphatic carbocycles. The van der Waals surface area contributed by atoms with Crippen molar-refractivity contribution in [3.8, 4) is 5.69 Å². The van der Waals surface area contributed by atoms with Crippen LogP contribution in [0.4, 0.5) is 4.39 Å². The summed E-state index contributed by atoms with van der Waals surface area (Å²) in [5.74, 6) is -1.77. The lowest BCUT2D eigenvalue weighted by Crippen LogP contribution is -2.26. The van der Waals surface area contributed by atoms with Crippen molar-refractivity contribution < 1.29 is 23.5 Å². The molecule has 0 saturated carbocycles. The van der Waals surface area contributed by atoms with Crippen molar-refractivity contribution >= 4 is 11.9 Å². The molecule has 3 aromatic rings. The molecule has 1 amide bonds. The predicted octanol–water partition coefficient (Wildman–Crippen LogP) is 3.66. The Hall–Kier alpha value is -3.42. The molecule has 28 heavy (non-hydrogen) atoms. The normalized spacial score (nSPS) is 12.0. The fourth-order valence-electron chi connectivity index (χ4n) is 3.02. The molecular weight excluding hydrogens is 365 g/mol. The first kappa shape index (κ1) is 19.3. The Balaban J connectivity index is 1.80. The van der Waals surface area contributed by atoms with Crippen LogP contribution in [0.25, 0.3) is 5.69 Å². The van der Waals surface area contributed by atoms with Gasteiger partial charge in [0.15, 0.2) is 5.76 Å². The van der Waals surface area contributed by atoms with Crippen molar-refractivity contribution in [3.05, 3.63) is 70.7 Å². The summed E-state index contributed by atoms with van der Waals surface area (Å²) in [5, 5.41) is 16.3. The van der Waals surface area contributed by atoms with Crippen LogP contribution in [0.1, 0.15) is 57.8 Å². The van der Waals surface area contributed by atoms with E-state index in [4.69, 9.17) is 4.42 Å². The number of carboxylic acid groups (broad SMARTS) is 1. The highest BCUT2D eigenvalue weighted by Crippen LogP contribution is 2.22. The second-order valence-electron chi connectivity index (χ2n) is 6.37. The zero-order valence-corrected chi connectivity index (χ0v) is 15.7. The van der Waals surface area contributed by atoms with E-state index in [1.165, 1.54) is 18.2 Å². The van der Waals surface area contributed by atoms with E-state index in [-0.39, 0.29) is 22.9 Å². The van der Waals surface area contributed by atoms with Crippen LogP contribution in [0.5, 0.6) is 0 Å². The Labute approximate surface area is 160 Å². The average molecular weight is 385 g/mol. The third-order valence-corrected chi connectivity index (χ3v) is 4.52. The van der Waals surface area contributed by atoms with Gasteiger partial charge in [-0.2, -0.15) is 5.10 Å². The molecule has 0 bridgehead atoms. The van der Waals surface area contributed by atoms with Crippen LogP contribution in [0, 0.1) is 12.7 Å². The molecule has 1 unspecified atom stereocenters. The highest BCUT2D eigenvalue weighted by atomic mass is 19.1. The second kappa shape index (κ2) is 7.67. The number of furan rings is 1. The van der Waals surface area contributed by atoms with Gasteiger partial charge in [0.2, 0.25) is 0 Å². The Kier molecular flexibility index (Phi) is 5.30. The molecule has 0 radical (unpaired) electrons. The van der Waals surface area contributed by atoms with Crippen LogP contribution in [-0.2, 0) is 6.42 Å². The third kappa shape index (κ3) is 3.66. The fourth-order valence-corrected chi connectivity index (χ4v) is 3.02. The molecule has 146 valence electrons. The molecule has 0 aliphatic rings. The number of carbonyl (C=O) groups excluding carboxylic acids is 1. The molecule has 3 rings (SSSR count). The predicted molar refractivity (Wildman–Crippen MR) is 99.2 cm³/mol. The summed E-state index contributed by atoms with van der Waals surface area (Å²) in [4.78, 5) is 23.7. The number of carbonyl (C=O) groups is 2. The number of aryl methyl sites for hydroxylation is 1. The molecule has 0 spiro atoms. The SMILES string of the molecule is CCc1oc(C(=O)NC(C)c2cnn(-c3ccc(F)cc3)c2C)cc1C(=O)O. The summed E-state index contributed by atoms with van der Waals surface area (Å²) in [7, 11) is 0. The van der Waals surface area contributed by atoms with Crippen molar-refractivity contribution in [1.29, 1.82) is 0 Å². The van der Waals surface area contributed by atoms with Gasteiger partial charge in [-0.05, 0) is 38.1 Å². The summed E-state index contributed by atoms with van der Waals surface area (Å²) in [5.41, 5.74) is 2.26. The number of benzene rings is 1. The first-order valence-electron chi connectivity index (χ1n) is 8.79. The van der Waals surface area contributed by atoms with Crippen molar-refractivity contribution in [2.24, 2.45) is 0 Å². The quantitative estimate of drug-likeness (QED) is 0.675. The highest BCUT2D eigenvalue weighted by Gasteiger charge is 2.22. The van der Waals surface area contributed by atoms with E-state index in [1.54, 1.807) is 36.9 Å². The zero-order chi connectivity index (χ0) is 20.4. The van der Waals surface area contributed by atoms with E-state index in [1.807, 2.05) is 6.92 Å². The Morgan fingerprint density at radius 3 is 2.57 bits per heavy atom. The van der Waals surface area contributed by atoms with Gasteiger partial charge < -0.3 is 14.8 Å². The Morgan fingerprint density at radius 1 is 1.32 bits per heavy atom. The van der Waals surface area contributed by atoms with E-state index >= 15 is 0 Å². The standard InChI is InChI=1S/C20H20FN3O4/c1-4-17-15(20(26)27)9-18(28-17)19(25)23-11(2)16-10-22-24(12(16)3)14-7-5-13(21)6-8-14/h5-11H,4H2,1-3H3,(H,23,25)(H,26,27). The molecule has 1 atom stereocenters. The van der Waals surface area contributed by atoms with Gasteiger partial charge in [0, 0.05) is 23.7 Å². The lowest BCUT2D eigenvalue weighted by Gasteiger charge is -2.13. The van der Waals surface area contributed by atoms with Crippen LogP contribution in [0.3, 0.4) is 0 Å². The van der Waals surface area contributed by atoms with Gasteiger partial charge in [-0.3, -0.25) is 4.79 Å². The third-order valence-electron chi connectivity index (χ3n) is 4.52. The smallest absolute Gasteiger partial charge is 0.339 e. The Bertz CT molecular complexity index is 1020. The number of rotatable bonds is 6. The number of aromatic nitrogens is 2. The van der Waals surface area contributed by atoms with E-state index in [9.17, 15) is 19.1 Å². The first-order valence-corrected chi connectivity index (χ1v) is 8.79. The lowest BCUT2D eigenvalue weighted by molar-refractivity contribution is 0.0694. The van der Waals surface area contributed by atoms with Gasteiger partial charge in [-0.15, -0.1) is 0 Å². The van der Waals surface area contributed by atoms with Crippen LogP contribution in [0.15, 0.2) is 40.9 Å². The molecule has 1 aromatic carbocycles. The maximum atomic E-state index is 13.1. The topological polar surface area (TPSA) is 97.4 Å². The van der Waals surface area contributed by atoms with E-state index in [0.717, 1.165) is 11.3 Å². The Morgan fingerprint density at radius 2 is 2.00 bits per heavy atom. The molecule has 0 saturated heterocycles. The minimum atomic E-state index is -1.14. The second-order valence-corrected chi connectivity index (χ2v) is 6.37. The minimum absolute atomic E-state index is 0.0133. The summed E-state index contributed by atoms with van der Waals surface area (Å²) < 4.78 is 20.2. The monoisotopic (exact) mass is 385 g/mol. The molecule has 7 nitrogen and oxygen atoms in total. The van der Waals surface area contributed by atoms with E-state index in [0.29, 0.717) is 12.1 Å². The summed E-state index contributed by atoms with van der Waals surface area (Å²) in [6.45, 7) is 5.39. The number of halogens is 1. The number of aromatic carboxylic acids is 1. The van der Waals surface area contributed by atoms with E-state index < -0.39 is 17.9 Å². The summed E-state index contributed by atoms with van der Waals surface area (Å²) in [6.07, 6.45) is 2.00. The molecule has 2 heterocycles. The molecular formula is C20H20FN3O4. The van der Waals surface area contributed by atoms with Crippen LogP contribution < -0.4 is 5.32 Å². The summed E-state index contributed by atoms with van der Waals surface area (Å²) >= 11 is 0. The van der Waals surface area contributed by atoms with Gasteiger partial charge in [0.25, 0.3) is 5.91 Å². The molecule has 0 aliphatic heterocycles. The fraction of sp³-hybridized carbons (Fsp3) is 0.250. The van der Waals surface area contributed by atoms with E-state index in [2.05, 4.69) is 10.4 Å². The average Bonchev–Trinajstić information content (AvgIpc) is 3.26. The lowest BCUT2D eigenvalue weighted by atomic mass is 10.1. The van der Waals surface area contributed by atoms with Gasteiger partial charge in [-0.25, -0.2) is 13.9 Å². The molecule has 0 fully saturated rings. The van der Waals surface area contributed by atoms with Crippen LogP contribution in [0.2, 0.25) is 0 Å². The van der Waals surface area contributed by atoms with Gasteiger partial charge in [0.1, 0.15) is 17.1 Å². The minimum Gasteiger partial charge on any atom is -0.478 e. The first-order chi connectivity index (χ1) is 13.3. The number of nitrogens with zero attached hydrogens (tertiary/aromatic N) is 2. The maximum absolute atomic E-state index is 13.1. The van der Waals surface area contributed by atoms with Gasteiger partial charge in [-0.1, -0.05) is 6.92 Å². The number of nitrogens with one attached hydrogen (secondary N) is 1. The number of hydrogen-bond donors (Lipinski definition) is 2. The molecule has 2 N–H and O–H groups in total. The molecule has 8 heteroatoms. The van der Waals surface area contributed by atoms with Crippen LogP contribution in [-0.4, -0.2) is 26.8 Å². The molecule has 2 aromatic heterocycles. The number of carboxylic acids is 1. The highest BCUT2D eigenvalue weighted by molar-refractivity contribution is 5.96. The zero-order valence-electron chi connectivity index (χ0n) is 15.7. The van der Waals surface area contributed by atoms with Gasteiger partial charge in [0.05, 0.1) is 17.9 Å².